The van der Waals surface area contributed by atoms with Gasteiger partial charge in [0.15, 0.2) is 11.6 Å². The molecule has 0 fully saturated rings. The van der Waals surface area contributed by atoms with Gasteiger partial charge >= 0.3 is 5.69 Å². The molecule has 0 aliphatic rings. The summed E-state index contributed by atoms with van der Waals surface area (Å²) >= 11 is 5.89. The van der Waals surface area contributed by atoms with Gasteiger partial charge in [0.1, 0.15) is 0 Å². The zero-order valence-electron chi connectivity index (χ0n) is 10.9. The van der Waals surface area contributed by atoms with Gasteiger partial charge in [0.05, 0.1) is 17.1 Å². The van der Waals surface area contributed by atoms with Crippen LogP contribution in [0.5, 0.6) is 5.75 Å². The van der Waals surface area contributed by atoms with Gasteiger partial charge in [0.2, 0.25) is 0 Å². The van der Waals surface area contributed by atoms with Crippen molar-refractivity contribution < 1.29 is 14.5 Å². The minimum Gasteiger partial charge on any atom is -0.490 e. The van der Waals surface area contributed by atoms with Crippen LogP contribution in [-0.2, 0) is 0 Å². The summed E-state index contributed by atoms with van der Waals surface area (Å²) in [6.07, 6.45) is 1.48. The lowest BCUT2D eigenvalue weighted by molar-refractivity contribution is -0.385. The van der Waals surface area contributed by atoms with Crippen molar-refractivity contribution in [3.05, 3.63) is 57.2 Å². The molecular weight excluding hydrogens is 298 g/mol. The Morgan fingerprint density at radius 2 is 2.19 bits per heavy atom. The first-order valence-corrected chi connectivity index (χ1v) is 6.15. The summed E-state index contributed by atoms with van der Waals surface area (Å²) in [4.78, 5) is 26.2. The maximum Gasteiger partial charge on any atom is 0.310 e. The van der Waals surface area contributed by atoms with Gasteiger partial charge < -0.3 is 10.1 Å². The molecule has 1 amide bonds. The predicted molar refractivity (Wildman–Crippen MR) is 76.8 cm³/mol. The number of nitrogens with zero attached hydrogens (tertiary/aromatic N) is 2. The van der Waals surface area contributed by atoms with Crippen LogP contribution >= 0.6 is 11.6 Å². The van der Waals surface area contributed by atoms with E-state index in [-0.39, 0.29) is 22.8 Å². The Balaban J connectivity index is 2.28. The fourth-order valence-electron chi connectivity index (χ4n) is 1.63. The van der Waals surface area contributed by atoms with E-state index in [9.17, 15) is 14.9 Å². The second-order valence-corrected chi connectivity index (χ2v) is 4.34. The minimum absolute atomic E-state index is 0.000215. The number of nitro benzene ring substituents is 1. The molecule has 21 heavy (non-hydrogen) atoms. The fraction of sp³-hybridized carbons (Fsp3) is 0.0769. The molecule has 0 aliphatic carbocycles. The third-order valence-corrected chi connectivity index (χ3v) is 2.93. The van der Waals surface area contributed by atoms with E-state index in [0.717, 1.165) is 0 Å². The van der Waals surface area contributed by atoms with Gasteiger partial charge in [-0.15, -0.1) is 0 Å². The average Bonchev–Trinajstić information content (AvgIpc) is 2.48. The second kappa shape index (κ2) is 6.19. The van der Waals surface area contributed by atoms with Crippen LogP contribution in [0.15, 0.2) is 36.5 Å². The second-order valence-electron chi connectivity index (χ2n) is 3.93. The lowest BCUT2D eigenvalue weighted by Gasteiger charge is -2.07. The van der Waals surface area contributed by atoms with Crippen molar-refractivity contribution in [2.75, 3.05) is 12.4 Å². The summed E-state index contributed by atoms with van der Waals surface area (Å²) in [6.45, 7) is 0. The van der Waals surface area contributed by atoms with Crippen molar-refractivity contribution in [1.82, 2.24) is 4.98 Å². The van der Waals surface area contributed by atoms with Crippen molar-refractivity contribution in [1.29, 1.82) is 0 Å². The number of benzene rings is 1. The lowest BCUT2D eigenvalue weighted by Crippen LogP contribution is -2.13. The summed E-state index contributed by atoms with van der Waals surface area (Å²) in [5.74, 6) is -0.287. The molecule has 7 nitrogen and oxygen atoms in total. The maximum atomic E-state index is 12.1. The van der Waals surface area contributed by atoms with Crippen molar-refractivity contribution in [3.8, 4) is 5.75 Å². The first-order valence-electron chi connectivity index (χ1n) is 5.77. The van der Waals surface area contributed by atoms with Crippen LogP contribution in [-0.4, -0.2) is 22.9 Å². The standard InChI is InChI=1S/C13H10ClN3O4/c1-21-11-7-8(4-5-10(11)17(19)20)13(18)16-12-9(14)3-2-6-15-12/h2-7H,1H3,(H,15,16,18). The highest BCUT2D eigenvalue weighted by Crippen LogP contribution is 2.28. The highest BCUT2D eigenvalue weighted by atomic mass is 35.5. The molecule has 2 aromatic rings. The number of aromatic nitrogens is 1. The van der Waals surface area contributed by atoms with E-state index < -0.39 is 10.8 Å². The van der Waals surface area contributed by atoms with E-state index in [1.807, 2.05) is 0 Å². The Morgan fingerprint density at radius 3 is 2.81 bits per heavy atom. The first kappa shape index (κ1) is 14.7. The molecule has 2 rings (SSSR count). The topological polar surface area (TPSA) is 94.4 Å². The molecule has 0 unspecified atom stereocenters. The van der Waals surface area contributed by atoms with Crippen LogP contribution in [0.2, 0.25) is 5.02 Å². The SMILES string of the molecule is COc1cc(C(=O)Nc2ncccc2Cl)ccc1[N+](=O)[O-]. The number of amides is 1. The number of carbonyl (C=O) groups is 1. The number of anilines is 1. The number of ether oxygens (including phenoxy) is 1. The van der Waals surface area contributed by atoms with Crippen LogP contribution in [0, 0.1) is 10.1 Å². The van der Waals surface area contributed by atoms with Crippen molar-refractivity contribution >= 4 is 29.0 Å². The van der Waals surface area contributed by atoms with E-state index >= 15 is 0 Å². The molecule has 1 heterocycles. The molecule has 0 radical (unpaired) electrons. The van der Waals surface area contributed by atoms with Crippen LogP contribution in [0.3, 0.4) is 0 Å². The summed E-state index contributed by atoms with van der Waals surface area (Å²) in [5.41, 5.74) is -0.0240. The maximum absolute atomic E-state index is 12.1. The number of nitro groups is 1. The highest BCUT2D eigenvalue weighted by Gasteiger charge is 2.18. The van der Waals surface area contributed by atoms with E-state index in [2.05, 4.69) is 10.3 Å². The minimum atomic E-state index is -0.587. The number of rotatable bonds is 4. The van der Waals surface area contributed by atoms with Crippen molar-refractivity contribution in [2.24, 2.45) is 0 Å². The molecule has 1 N–H and O–H groups in total. The predicted octanol–water partition coefficient (Wildman–Crippen LogP) is 2.90. The van der Waals surface area contributed by atoms with Gasteiger partial charge in [0.25, 0.3) is 5.91 Å². The Kier molecular flexibility index (Phi) is 4.34. The number of hydrogen-bond donors (Lipinski definition) is 1. The normalized spacial score (nSPS) is 10.0. The molecule has 0 bridgehead atoms. The molecule has 108 valence electrons. The van der Waals surface area contributed by atoms with Gasteiger partial charge in [-0.25, -0.2) is 4.98 Å². The van der Waals surface area contributed by atoms with E-state index in [0.29, 0.717) is 5.02 Å². The molecule has 1 aromatic carbocycles. The molecule has 8 heteroatoms. The Bertz CT molecular complexity index is 706. The molecule has 0 atom stereocenters. The van der Waals surface area contributed by atoms with Crippen LogP contribution in [0.25, 0.3) is 0 Å². The van der Waals surface area contributed by atoms with Crippen LogP contribution in [0.1, 0.15) is 10.4 Å². The van der Waals surface area contributed by atoms with Crippen LogP contribution in [0.4, 0.5) is 11.5 Å². The number of halogens is 1. The quantitative estimate of drug-likeness (QED) is 0.692. The number of carbonyl (C=O) groups excluding carboxylic acids is 1. The van der Waals surface area contributed by atoms with Gasteiger partial charge in [-0.1, -0.05) is 11.6 Å². The van der Waals surface area contributed by atoms with Gasteiger partial charge in [-0.05, 0) is 18.2 Å². The average molecular weight is 308 g/mol. The first-order chi connectivity index (χ1) is 10.0. The third-order valence-electron chi connectivity index (χ3n) is 2.63. The number of nitrogens with one attached hydrogen (secondary N) is 1. The highest BCUT2D eigenvalue weighted by molar-refractivity contribution is 6.33. The lowest BCUT2D eigenvalue weighted by atomic mass is 10.1. The zero-order valence-corrected chi connectivity index (χ0v) is 11.6. The summed E-state index contributed by atoms with van der Waals surface area (Å²) in [7, 11) is 1.29. The van der Waals surface area contributed by atoms with Gasteiger partial charge in [0, 0.05) is 23.9 Å². The zero-order chi connectivity index (χ0) is 15.4. The number of pyridine rings is 1. The van der Waals surface area contributed by atoms with Crippen LogP contribution < -0.4 is 10.1 Å². The summed E-state index contributed by atoms with van der Waals surface area (Å²) in [6, 6.07) is 7.03. The molecule has 1 aromatic heterocycles. The summed E-state index contributed by atoms with van der Waals surface area (Å²) in [5, 5.41) is 13.6. The smallest absolute Gasteiger partial charge is 0.310 e. The monoisotopic (exact) mass is 307 g/mol. The van der Waals surface area contributed by atoms with E-state index in [4.69, 9.17) is 16.3 Å². The largest absolute Gasteiger partial charge is 0.490 e. The van der Waals surface area contributed by atoms with E-state index in [1.54, 1.807) is 12.1 Å². The fourth-order valence-corrected chi connectivity index (χ4v) is 1.80. The van der Waals surface area contributed by atoms with Gasteiger partial charge in [-0.3, -0.25) is 14.9 Å². The number of hydrogen-bond acceptors (Lipinski definition) is 5. The Morgan fingerprint density at radius 1 is 1.43 bits per heavy atom. The molecule has 0 saturated heterocycles. The van der Waals surface area contributed by atoms with Gasteiger partial charge in [-0.2, -0.15) is 0 Å². The Labute approximate surface area is 124 Å². The molecule has 0 saturated carbocycles. The molecule has 0 spiro atoms. The number of methoxy groups -OCH3 is 1. The van der Waals surface area contributed by atoms with Crippen molar-refractivity contribution in [3.63, 3.8) is 0 Å². The molecule has 0 aliphatic heterocycles. The van der Waals surface area contributed by atoms with Crippen molar-refractivity contribution in [2.45, 2.75) is 0 Å². The third kappa shape index (κ3) is 3.26. The summed E-state index contributed by atoms with van der Waals surface area (Å²) < 4.78 is 4.91. The van der Waals surface area contributed by atoms with E-state index in [1.165, 1.54) is 31.5 Å². The molecular formula is C13H10ClN3O4. The Hall–Kier alpha value is -2.67.